The van der Waals surface area contributed by atoms with Gasteiger partial charge in [0.25, 0.3) is 0 Å². The van der Waals surface area contributed by atoms with Crippen molar-refractivity contribution < 1.29 is 0 Å². The Morgan fingerprint density at radius 3 is 2.68 bits per heavy atom. The van der Waals surface area contributed by atoms with Gasteiger partial charge in [0.2, 0.25) is 5.28 Å². The van der Waals surface area contributed by atoms with Gasteiger partial charge < -0.3 is 5.32 Å². The first-order valence-electron chi connectivity index (χ1n) is 6.96. The van der Waals surface area contributed by atoms with Crippen LogP contribution in [0.5, 0.6) is 0 Å². The average Bonchev–Trinajstić information content (AvgIpc) is 2.82. The van der Waals surface area contributed by atoms with Gasteiger partial charge in [0.05, 0.1) is 11.1 Å². The van der Waals surface area contributed by atoms with Gasteiger partial charge in [-0.15, -0.1) is 0 Å². The molecule has 0 atom stereocenters. The van der Waals surface area contributed by atoms with Gasteiger partial charge in [-0.2, -0.15) is 15.1 Å². The maximum absolute atomic E-state index is 6.19. The van der Waals surface area contributed by atoms with Crippen molar-refractivity contribution in [3.63, 3.8) is 0 Å². The number of aromatic nitrogens is 4. The molecule has 0 fully saturated rings. The number of aryl methyl sites for hydroxylation is 2. The first-order chi connectivity index (χ1) is 10.6. The SMILES string of the molecule is CCc1nn(C)c2nc(Cl)nc(NCc3ccccc3Cl)c12. The summed E-state index contributed by atoms with van der Waals surface area (Å²) in [5, 5.41) is 9.59. The first-order valence-corrected chi connectivity index (χ1v) is 7.72. The molecule has 22 heavy (non-hydrogen) atoms. The number of halogens is 2. The van der Waals surface area contributed by atoms with E-state index in [-0.39, 0.29) is 5.28 Å². The third kappa shape index (κ3) is 2.74. The van der Waals surface area contributed by atoms with E-state index < -0.39 is 0 Å². The highest BCUT2D eigenvalue weighted by Gasteiger charge is 2.16. The first kappa shape index (κ1) is 15.1. The summed E-state index contributed by atoms with van der Waals surface area (Å²) in [5.74, 6) is 0.680. The fraction of sp³-hybridized carbons (Fsp3) is 0.267. The Morgan fingerprint density at radius 2 is 1.95 bits per heavy atom. The van der Waals surface area contributed by atoms with Crippen LogP contribution in [0, 0.1) is 0 Å². The third-order valence-electron chi connectivity index (χ3n) is 3.47. The van der Waals surface area contributed by atoms with Gasteiger partial charge >= 0.3 is 0 Å². The fourth-order valence-electron chi connectivity index (χ4n) is 2.40. The Morgan fingerprint density at radius 1 is 1.18 bits per heavy atom. The average molecular weight is 336 g/mol. The van der Waals surface area contributed by atoms with E-state index in [0.717, 1.165) is 28.7 Å². The molecule has 0 amide bonds. The van der Waals surface area contributed by atoms with Crippen molar-refractivity contribution in [3.8, 4) is 0 Å². The van der Waals surface area contributed by atoms with Crippen LogP contribution in [-0.2, 0) is 20.0 Å². The zero-order valence-corrected chi connectivity index (χ0v) is 13.8. The largest absolute Gasteiger partial charge is 0.365 e. The predicted molar refractivity (Wildman–Crippen MR) is 89.5 cm³/mol. The lowest BCUT2D eigenvalue weighted by molar-refractivity contribution is 0.761. The topological polar surface area (TPSA) is 55.6 Å². The molecular weight excluding hydrogens is 321 g/mol. The van der Waals surface area contributed by atoms with Gasteiger partial charge in [0.15, 0.2) is 5.65 Å². The number of fused-ring (bicyclic) bond motifs is 1. The van der Waals surface area contributed by atoms with Crippen LogP contribution in [0.2, 0.25) is 10.3 Å². The molecule has 3 rings (SSSR count). The summed E-state index contributed by atoms with van der Waals surface area (Å²) in [6.07, 6.45) is 0.795. The maximum atomic E-state index is 6.19. The molecule has 0 unspecified atom stereocenters. The maximum Gasteiger partial charge on any atom is 0.226 e. The van der Waals surface area contributed by atoms with E-state index in [2.05, 4.69) is 20.4 Å². The highest BCUT2D eigenvalue weighted by Crippen LogP contribution is 2.26. The molecule has 2 heterocycles. The Bertz CT molecular complexity index is 828. The lowest BCUT2D eigenvalue weighted by atomic mass is 10.2. The molecule has 0 aliphatic rings. The molecule has 1 N–H and O–H groups in total. The van der Waals surface area contributed by atoms with Gasteiger partial charge in [-0.3, -0.25) is 0 Å². The lowest BCUT2D eigenvalue weighted by Crippen LogP contribution is -2.04. The third-order valence-corrected chi connectivity index (χ3v) is 4.01. The molecule has 0 aliphatic carbocycles. The molecule has 0 saturated heterocycles. The molecule has 1 aromatic carbocycles. The number of benzene rings is 1. The van der Waals surface area contributed by atoms with E-state index in [4.69, 9.17) is 23.2 Å². The minimum Gasteiger partial charge on any atom is -0.365 e. The van der Waals surface area contributed by atoms with Crippen molar-refractivity contribution in [1.29, 1.82) is 0 Å². The molecule has 0 saturated carbocycles. The minimum atomic E-state index is 0.194. The summed E-state index contributed by atoms with van der Waals surface area (Å²) in [7, 11) is 1.85. The fourth-order valence-corrected chi connectivity index (χ4v) is 2.76. The molecule has 114 valence electrons. The van der Waals surface area contributed by atoms with E-state index in [1.807, 2.05) is 38.2 Å². The molecule has 0 radical (unpaired) electrons. The Hall–Kier alpha value is -1.85. The van der Waals surface area contributed by atoms with Crippen LogP contribution in [0.4, 0.5) is 5.82 Å². The lowest BCUT2D eigenvalue weighted by Gasteiger charge is -2.09. The molecule has 3 aromatic rings. The van der Waals surface area contributed by atoms with Crippen LogP contribution in [0.25, 0.3) is 11.0 Å². The molecule has 0 aliphatic heterocycles. The molecule has 2 aromatic heterocycles. The Kier molecular flexibility index (Phi) is 4.18. The van der Waals surface area contributed by atoms with E-state index in [1.54, 1.807) is 4.68 Å². The van der Waals surface area contributed by atoms with Crippen LogP contribution >= 0.6 is 23.2 Å². The second-order valence-corrected chi connectivity index (χ2v) is 5.65. The van der Waals surface area contributed by atoms with Crippen molar-refractivity contribution >= 4 is 40.1 Å². The van der Waals surface area contributed by atoms with Gasteiger partial charge in [-0.05, 0) is 29.7 Å². The Balaban J connectivity index is 2.01. The zero-order chi connectivity index (χ0) is 15.7. The second-order valence-electron chi connectivity index (χ2n) is 4.91. The zero-order valence-electron chi connectivity index (χ0n) is 12.3. The van der Waals surface area contributed by atoms with Gasteiger partial charge in [-0.25, -0.2) is 4.68 Å². The number of hydrogen-bond donors (Lipinski definition) is 1. The predicted octanol–water partition coefficient (Wildman–Crippen LogP) is 3.84. The molecule has 5 nitrogen and oxygen atoms in total. The summed E-state index contributed by atoms with van der Waals surface area (Å²) >= 11 is 12.2. The van der Waals surface area contributed by atoms with Crippen molar-refractivity contribution in [2.24, 2.45) is 7.05 Å². The highest BCUT2D eigenvalue weighted by atomic mass is 35.5. The standard InChI is InChI=1S/C15H15Cl2N5/c1-3-11-12-13(18-8-9-6-4-5-7-10(9)16)19-15(17)20-14(12)22(2)21-11/h4-7H,3,8H2,1-2H3,(H,18,19,20). The highest BCUT2D eigenvalue weighted by molar-refractivity contribution is 6.31. The normalized spacial score (nSPS) is 11.1. The van der Waals surface area contributed by atoms with E-state index in [1.165, 1.54) is 0 Å². The van der Waals surface area contributed by atoms with Gasteiger partial charge in [-0.1, -0.05) is 36.7 Å². The number of anilines is 1. The molecule has 0 bridgehead atoms. The Labute approximate surface area is 138 Å². The summed E-state index contributed by atoms with van der Waals surface area (Å²) in [5.41, 5.74) is 2.66. The summed E-state index contributed by atoms with van der Waals surface area (Å²) in [4.78, 5) is 8.58. The minimum absolute atomic E-state index is 0.194. The summed E-state index contributed by atoms with van der Waals surface area (Å²) < 4.78 is 1.72. The van der Waals surface area contributed by atoms with Crippen molar-refractivity contribution in [1.82, 2.24) is 19.7 Å². The second kappa shape index (κ2) is 6.10. The van der Waals surface area contributed by atoms with Gasteiger partial charge in [0, 0.05) is 18.6 Å². The summed E-state index contributed by atoms with van der Waals surface area (Å²) in [6.45, 7) is 2.61. The molecular formula is C15H15Cl2N5. The smallest absolute Gasteiger partial charge is 0.226 e. The number of nitrogens with one attached hydrogen (secondary N) is 1. The van der Waals surface area contributed by atoms with Crippen LogP contribution in [-0.4, -0.2) is 19.7 Å². The summed E-state index contributed by atoms with van der Waals surface area (Å²) in [6, 6.07) is 7.69. The van der Waals surface area contributed by atoms with Crippen molar-refractivity contribution in [2.45, 2.75) is 19.9 Å². The van der Waals surface area contributed by atoms with E-state index in [0.29, 0.717) is 17.4 Å². The number of nitrogens with zero attached hydrogens (tertiary/aromatic N) is 4. The molecule has 7 heteroatoms. The molecule has 0 spiro atoms. The van der Waals surface area contributed by atoms with Crippen LogP contribution < -0.4 is 5.32 Å². The van der Waals surface area contributed by atoms with E-state index >= 15 is 0 Å². The quantitative estimate of drug-likeness (QED) is 0.736. The number of rotatable bonds is 4. The monoisotopic (exact) mass is 335 g/mol. The van der Waals surface area contributed by atoms with E-state index in [9.17, 15) is 0 Å². The van der Waals surface area contributed by atoms with Crippen LogP contribution in [0.15, 0.2) is 24.3 Å². The van der Waals surface area contributed by atoms with Crippen LogP contribution in [0.3, 0.4) is 0 Å². The van der Waals surface area contributed by atoms with Crippen molar-refractivity contribution in [3.05, 3.63) is 45.8 Å². The number of hydrogen-bond acceptors (Lipinski definition) is 4. The van der Waals surface area contributed by atoms with Crippen molar-refractivity contribution in [2.75, 3.05) is 5.32 Å². The van der Waals surface area contributed by atoms with Gasteiger partial charge in [0.1, 0.15) is 5.82 Å². The van der Waals surface area contributed by atoms with Crippen LogP contribution in [0.1, 0.15) is 18.2 Å².